The Kier molecular flexibility index (Phi) is 6.10. The molecule has 0 saturated carbocycles. The van der Waals surface area contributed by atoms with Gasteiger partial charge in [-0.1, -0.05) is 115 Å². The van der Waals surface area contributed by atoms with E-state index in [1.807, 2.05) is 42.6 Å². The smallest absolute Gasteiger partial charge is 0.0972 e. The molecule has 214 valence electrons. The predicted octanol–water partition coefficient (Wildman–Crippen LogP) is 10.5. The first-order valence-corrected chi connectivity index (χ1v) is 15.4. The summed E-state index contributed by atoms with van der Waals surface area (Å²) >= 11 is 0. The Morgan fingerprint density at radius 1 is 0.391 bits per heavy atom. The molecule has 9 rings (SSSR count). The number of nitrogens with zero attached hydrogens (tertiary/aromatic N) is 4. The fourth-order valence-electron chi connectivity index (χ4n) is 6.46. The molecule has 4 heterocycles. The van der Waals surface area contributed by atoms with Gasteiger partial charge >= 0.3 is 0 Å². The van der Waals surface area contributed by atoms with E-state index in [0.29, 0.717) is 0 Å². The molecule has 0 atom stereocenters. The van der Waals surface area contributed by atoms with Crippen molar-refractivity contribution in [1.82, 2.24) is 19.9 Å². The van der Waals surface area contributed by atoms with E-state index in [2.05, 4.69) is 115 Å². The molecule has 9 aromatic rings. The van der Waals surface area contributed by atoms with Crippen molar-refractivity contribution in [3.8, 4) is 45.0 Å². The van der Waals surface area contributed by atoms with Crippen LogP contribution in [0.1, 0.15) is 0 Å². The quantitative estimate of drug-likeness (QED) is 0.193. The average Bonchev–Trinajstić information content (AvgIpc) is 3.14. The first-order valence-electron chi connectivity index (χ1n) is 15.4. The van der Waals surface area contributed by atoms with Crippen LogP contribution in [0.15, 0.2) is 158 Å². The van der Waals surface area contributed by atoms with Gasteiger partial charge in [0.25, 0.3) is 0 Å². The van der Waals surface area contributed by atoms with E-state index in [4.69, 9.17) is 19.9 Å². The normalized spacial score (nSPS) is 11.5. The average molecular weight is 587 g/mol. The van der Waals surface area contributed by atoms with Gasteiger partial charge in [-0.2, -0.15) is 0 Å². The molecule has 0 bridgehead atoms. The Morgan fingerprint density at radius 3 is 1.74 bits per heavy atom. The zero-order chi connectivity index (χ0) is 30.5. The minimum Gasteiger partial charge on any atom is -0.256 e. The van der Waals surface area contributed by atoms with Gasteiger partial charge in [-0.3, -0.25) is 4.98 Å². The summed E-state index contributed by atoms with van der Waals surface area (Å²) in [6.45, 7) is 0. The number of aromatic nitrogens is 4. The maximum Gasteiger partial charge on any atom is 0.0972 e. The number of hydrogen-bond acceptors (Lipinski definition) is 4. The summed E-state index contributed by atoms with van der Waals surface area (Å²) in [5, 5.41) is 5.42. The molecule has 0 fully saturated rings. The van der Waals surface area contributed by atoms with E-state index < -0.39 is 0 Å². The van der Waals surface area contributed by atoms with Crippen molar-refractivity contribution in [2.24, 2.45) is 0 Å². The van der Waals surface area contributed by atoms with Crippen molar-refractivity contribution in [2.45, 2.75) is 0 Å². The maximum absolute atomic E-state index is 5.25. The van der Waals surface area contributed by atoms with Crippen LogP contribution in [0.2, 0.25) is 0 Å². The van der Waals surface area contributed by atoms with Crippen LogP contribution in [-0.4, -0.2) is 19.9 Å². The van der Waals surface area contributed by atoms with Gasteiger partial charge < -0.3 is 0 Å². The van der Waals surface area contributed by atoms with Gasteiger partial charge in [0.1, 0.15) is 0 Å². The van der Waals surface area contributed by atoms with Gasteiger partial charge in [-0.15, -0.1) is 0 Å². The van der Waals surface area contributed by atoms with Gasteiger partial charge in [0.05, 0.1) is 39.3 Å². The monoisotopic (exact) mass is 586 g/mol. The molecule has 0 spiro atoms. The maximum atomic E-state index is 5.25. The lowest BCUT2D eigenvalue weighted by Crippen LogP contribution is -1.94. The van der Waals surface area contributed by atoms with Crippen molar-refractivity contribution < 1.29 is 0 Å². The molecule has 0 aliphatic carbocycles. The topological polar surface area (TPSA) is 51.6 Å². The highest BCUT2D eigenvalue weighted by Crippen LogP contribution is 2.39. The Balaban J connectivity index is 1.28. The molecule has 0 aliphatic rings. The predicted molar refractivity (Wildman–Crippen MR) is 189 cm³/mol. The number of pyridine rings is 4. The van der Waals surface area contributed by atoms with E-state index in [-0.39, 0.29) is 0 Å². The molecule has 4 heteroatoms. The van der Waals surface area contributed by atoms with E-state index >= 15 is 0 Å². The molecule has 0 aliphatic heterocycles. The fraction of sp³-hybridized carbons (Fsp3) is 0. The first kappa shape index (κ1) is 26.2. The standard InChI is InChI=1S/C42H26N4/c1-3-10-27(11-4-1)35-22-19-29-17-18-30-20-23-36(45-42(30)41(29)44-35)31-21-24-38-34(26-31)39-32(37-16-7-8-25-43-37)14-9-15-33(39)40(46-38)28-12-5-2-6-13-28/h1-26H. The third-order valence-corrected chi connectivity index (χ3v) is 8.69. The van der Waals surface area contributed by atoms with Crippen molar-refractivity contribution in [1.29, 1.82) is 0 Å². The number of benzene rings is 5. The highest BCUT2D eigenvalue weighted by molar-refractivity contribution is 6.17. The summed E-state index contributed by atoms with van der Waals surface area (Å²) < 4.78 is 0. The second-order valence-electron chi connectivity index (χ2n) is 11.5. The van der Waals surface area contributed by atoms with Crippen LogP contribution >= 0.6 is 0 Å². The molecule has 0 unspecified atom stereocenters. The zero-order valence-electron chi connectivity index (χ0n) is 24.8. The Bertz CT molecular complexity index is 2560. The summed E-state index contributed by atoms with van der Waals surface area (Å²) in [4.78, 5) is 20.3. The molecule has 46 heavy (non-hydrogen) atoms. The summed E-state index contributed by atoms with van der Waals surface area (Å²) in [5.41, 5.74) is 10.7. The van der Waals surface area contributed by atoms with Crippen molar-refractivity contribution in [3.05, 3.63) is 158 Å². The van der Waals surface area contributed by atoms with Crippen LogP contribution in [0.5, 0.6) is 0 Å². The molecular formula is C42H26N4. The van der Waals surface area contributed by atoms with Gasteiger partial charge in [0, 0.05) is 55.4 Å². The Labute approximate surface area is 265 Å². The van der Waals surface area contributed by atoms with Crippen molar-refractivity contribution >= 4 is 43.5 Å². The van der Waals surface area contributed by atoms with E-state index in [0.717, 1.165) is 88.5 Å². The lowest BCUT2D eigenvalue weighted by molar-refractivity contribution is 1.33. The van der Waals surface area contributed by atoms with Crippen LogP contribution < -0.4 is 0 Å². The molecule has 4 nitrogen and oxygen atoms in total. The lowest BCUT2D eigenvalue weighted by Gasteiger charge is -2.15. The van der Waals surface area contributed by atoms with E-state index in [1.165, 1.54) is 0 Å². The molecule has 0 saturated heterocycles. The molecule has 5 aromatic carbocycles. The van der Waals surface area contributed by atoms with Gasteiger partial charge in [-0.25, -0.2) is 15.0 Å². The lowest BCUT2D eigenvalue weighted by atomic mass is 9.93. The number of rotatable bonds is 4. The highest BCUT2D eigenvalue weighted by atomic mass is 14.8. The summed E-state index contributed by atoms with van der Waals surface area (Å²) in [6, 6.07) is 52.4. The third kappa shape index (κ3) is 4.39. The largest absolute Gasteiger partial charge is 0.256 e. The number of hydrogen-bond donors (Lipinski definition) is 0. The summed E-state index contributed by atoms with van der Waals surface area (Å²) in [6.07, 6.45) is 1.85. The third-order valence-electron chi connectivity index (χ3n) is 8.69. The van der Waals surface area contributed by atoms with Crippen LogP contribution in [0.4, 0.5) is 0 Å². The molecule has 0 amide bonds. The second kappa shape index (κ2) is 10.7. The second-order valence-corrected chi connectivity index (χ2v) is 11.5. The fourth-order valence-corrected chi connectivity index (χ4v) is 6.46. The van der Waals surface area contributed by atoms with Crippen LogP contribution in [0.3, 0.4) is 0 Å². The first-order chi connectivity index (χ1) is 22.8. The minimum absolute atomic E-state index is 0.893. The minimum atomic E-state index is 0.893. The van der Waals surface area contributed by atoms with Gasteiger partial charge in [0.2, 0.25) is 0 Å². The summed E-state index contributed by atoms with van der Waals surface area (Å²) in [7, 11) is 0. The Hall–Kier alpha value is -6.26. The zero-order valence-corrected chi connectivity index (χ0v) is 24.8. The molecular weight excluding hydrogens is 560 g/mol. The van der Waals surface area contributed by atoms with Crippen LogP contribution in [-0.2, 0) is 0 Å². The van der Waals surface area contributed by atoms with Crippen molar-refractivity contribution in [2.75, 3.05) is 0 Å². The van der Waals surface area contributed by atoms with Gasteiger partial charge in [0.15, 0.2) is 0 Å². The highest BCUT2D eigenvalue weighted by Gasteiger charge is 2.16. The van der Waals surface area contributed by atoms with E-state index in [1.54, 1.807) is 0 Å². The van der Waals surface area contributed by atoms with Gasteiger partial charge in [-0.05, 0) is 36.4 Å². The molecule has 4 aromatic heterocycles. The van der Waals surface area contributed by atoms with E-state index in [9.17, 15) is 0 Å². The number of fused-ring (bicyclic) bond motifs is 6. The van der Waals surface area contributed by atoms with Crippen molar-refractivity contribution in [3.63, 3.8) is 0 Å². The molecule has 0 radical (unpaired) electrons. The Morgan fingerprint density at radius 2 is 1.04 bits per heavy atom. The van der Waals surface area contributed by atoms with Crippen LogP contribution in [0.25, 0.3) is 88.5 Å². The molecule has 0 N–H and O–H groups in total. The summed E-state index contributed by atoms with van der Waals surface area (Å²) in [5.74, 6) is 0. The van der Waals surface area contributed by atoms with Crippen LogP contribution in [0, 0.1) is 0 Å². The SMILES string of the molecule is c1ccc(-c2ccc3ccc4ccc(-c5ccc6nc(-c7ccccc7)c7cccc(-c8ccccn8)c7c6c5)nc4c3n2)cc1.